The Morgan fingerprint density at radius 3 is 2.66 bits per heavy atom. The SMILES string of the molecule is Cc1cc(OCc2cccc(F)c2)ccc1NC(=O)Cc1csc(C(C)(C)C)n1. The molecule has 1 heterocycles. The predicted octanol–water partition coefficient (Wildman–Crippen LogP) is 5.65. The number of halogens is 1. The van der Waals surface area contributed by atoms with E-state index in [0.717, 1.165) is 27.5 Å². The minimum absolute atomic E-state index is 0.0165. The van der Waals surface area contributed by atoms with Gasteiger partial charge in [-0.2, -0.15) is 0 Å². The van der Waals surface area contributed by atoms with Gasteiger partial charge in [-0.15, -0.1) is 11.3 Å². The molecule has 3 rings (SSSR count). The summed E-state index contributed by atoms with van der Waals surface area (Å²) < 4.78 is 19.0. The average molecular weight is 413 g/mol. The van der Waals surface area contributed by atoms with Gasteiger partial charge in [0, 0.05) is 16.5 Å². The molecule has 1 amide bonds. The highest BCUT2D eigenvalue weighted by Gasteiger charge is 2.19. The molecule has 0 unspecified atom stereocenters. The van der Waals surface area contributed by atoms with Crippen LogP contribution in [-0.2, 0) is 23.2 Å². The summed E-state index contributed by atoms with van der Waals surface area (Å²) in [7, 11) is 0. The van der Waals surface area contributed by atoms with Crippen LogP contribution in [0.5, 0.6) is 5.75 Å². The molecular weight excluding hydrogens is 387 g/mol. The number of hydrogen-bond donors (Lipinski definition) is 1. The third-order valence-corrected chi connectivity index (χ3v) is 5.62. The molecule has 0 aliphatic rings. The molecular formula is C23H25FN2O2S. The van der Waals surface area contributed by atoms with Gasteiger partial charge in [-0.25, -0.2) is 9.37 Å². The summed E-state index contributed by atoms with van der Waals surface area (Å²) in [6, 6.07) is 11.8. The number of aryl methyl sites for hydroxylation is 1. The van der Waals surface area contributed by atoms with E-state index in [1.54, 1.807) is 23.5 Å². The Morgan fingerprint density at radius 2 is 2.00 bits per heavy atom. The Balaban J connectivity index is 1.58. The monoisotopic (exact) mass is 412 g/mol. The summed E-state index contributed by atoms with van der Waals surface area (Å²) >= 11 is 1.58. The van der Waals surface area contributed by atoms with Crippen molar-refractivity contribution >= 4 is 22.9 Å². The summed E-state index contributed by atoms with van der Waals surface area (Å²) in [6.45, 7) is 8.51. The van der Waals surface area contributed by atoms with Crippen LogP contribution in [0.15, 0.2) is 47.8 Å². The lowest BCUT2D eigenvalue weighted by Gasteiger charge is -2.13. The van der Waals surface area contributed by atoms with Gasteiger partial charge in [0.25, 0.3) is 0 Å². The van der Waals surface area contributed by atoms with E-state index in [1.807, 2.05) is 30.5 Å². The fraction of sp³-hybridized carbons (Fsp3) is 0.304. The van der Waals surface area contributed by atoms with Gasteiger partial charge in [0.1, 0.15) is 18.2 Å². The molecule has 0 spiro atoms. The molecule has 0 radical (unpaired) electrons. The first-order chi connectivity index (χ1) is 13.7. The van der Waals surface area contributed by atoms with Gasteiger partial charge in [0.2, 0.25) is 5.91 Å². The number of nitrogens with zero attached hydrogens (tertiary/aromatic N) is 1. The van der Waals surface area contributed by atoms with Crippen LogP contribution < -0.4 is 10.1 Å². The van der Waals surface area contributed by atoms with Crippen LogP contribution in [0, 0.1) is 12.7 Å². The van der Waals surface area contributed by atoms with Crippen LogP contribution in [-0.4, -0.2) is 10.9 Å². The fourth-order valence-corrected chi connectivity index (χ4v) is 3.66. The Kier molecular flexibility index (Phi) is 6.33. The lowest BCUT2D eigenvalue weighted by Crippen LogP contribution is -2.16. The fourth-order valence-electron chi connectivity index (χ4n) is 2.75. The zero-order valence-electron chi connectivity index (χ0n) is 17.1. The number of aromatic nitrogens is 1. The van der Waals surface area contributed by atoms with Gasteiger partial charge >= 0.3 is 0 Å². The number of benzene rings is 2. The standard InChI is InChI=1S/C23H25FN2O2S/c1-15-10-19(28-13-16-6-5-7-17(24)11-16)8-9-20(15)26-21(27)12-18-14-29-22(25-18)23(2,3)4/h5-11,14H,12-13H2,1-4H3,(H,26,27). The second kappa shape index (κ2) is 8.74. The van der Waals surface area contributed by atoms with Crippen molar-refractivity contribution in [1.29, 1.82) is 0 Å². The first-order valence-electron chi connectivity index (χ1n) is 9.43. The van der Waals surface area contributed by atoms with E-state index in [-0.39, 0.29) is 30.2 Å². The third kappa shape index (κ3) is 5.87. The molecule has 0 bridgehead atoms. The smallest absolute Gasteiger partial charge is 0.230 e. The number of carbonyl (C=O) groups excluding carboxylic acids is 1. The molecule has 0 saturated heterocycles. The normalized spacial score (nSPS) is 11.3. The molecule has 2 aromatic carbocycles. The predicted molar refractivity (Wildman–Crippen MR) is 115 cm³/mol. The third-order valence-electron chi connectivity index (χ3n) is 4.30. The zero-order valence-corrected chi connectivity index (χ0v) is 17.9. The largest absolute Gasteiger partial charge is 0.489 e. The Labute approximate surface area is 174 Å². The van der Waals surface area contributed by atoms with Gasteiger partial charge in [0.05, 0.1) is 17.1 Å². The van der Waals surface area contributed by atoms with E-state index in [4.69, 9.17) is 4.74 Å². The number of anilines is 1. The number of amides is 1. The first-order valence-corrected chi connectivity index (χ1v) is 10.3. The van der Waals surface area contributed by atoms with Crippen LogP contribution >= 0.6 is 11.3 Å². The van der Waals surface area contributed by atoms with Crippen LogP contribution in [0.1, 0.15) is 42.6 Å². The number of rotatable bonds is 6. The summed E-state index contributed by atoms with van der Waals surface area (Å²) in [5.74, 6) is 0.279. The molecule has 0 aliphatic heterocycles. The Hall–Kier alpha value is -2.73. The first kappa shape index (κ1) is 21.0. The second-order valence-electron chi connectivity index (χ2n) is 8.01. The van der Waals surface area contributed by atoms with E-state index < -0.39 is 0 Å². The Bertz CT molecular complexity index is 1010. The van der Waals surface area contributed by atoms with Crippen molar-refractivity contribution in [3.05, 3.63) is 75.5 Å². The number of ether oxygens (including phenoxy) is 1. The van der Waals surface area contributed by atoms with Crippen molar-refractivity contribution in [3.8, 4) is 5.75 Å². The van der Waals surface area contributed by atoms with Crippen LogP contribution in [0.4, 0.5) is 10.1 Å². The van der Waals surface area contributed by atoms with Crippen molar-refractivity contribution < 1.29 is 13.9 Å². The minimum atomic E-state index is -0.282. The topological polar surface area (TPSA) is 51.2 Å². The molecule has 152 valence electrons. The van der Waals surface area contributed by atoms with E-state index in [9.17, 15) is 9.18 Å². The molecule has 1 N–H and O–H groups in total. The van der Waals surface area contributed by atoms with Crippen LogP contribution in [0.2, 0.25) is 0 Å². The van der Waals surface area contributed by atoms with Crippen molar-refractivity contribution in [2.24, 2.45) is 0 Å². The van der Waals surface area contributed by atoms with Crippen LogP contribution in [0.3, 0.4) is 0 Å². The summed E-state index contributed by atoms with van der Waals surface area (Å²) in [5, 5.41) is 5.90. The zero-order chi connectivity index (χ0) is 21.0. The number of nitrogens with one attached hydrogen (secondary N) is 1. The lowest BCUT2D eigenvalue weighted by atomic mass is 9.98. The van der Waals surface area contributed by atoms with Crippen molar-refractivity contribution in [2.45, 2.75) is 46.1 Å². The summed E-state index contributed by atoms with van der Waals surface area (Å²) in [4.78, 5) is 17.0. The molecule has 0 aliphatic carbocycles. The van der Waals surface area contributed by atoms with Gasteiger partial charge in [-0.3, -0.25) is 4.79 Å². The summed E-state index contributed by atoms with van der Waals surface area (Å²) in [5.41, 5.74) is 3.16. The summed E-state index contributed by atoms with van der Waals surface area (Å²) in [6.07, 6.45) is 0.240. The van der Waals surface area contributed by atoms with E-state index in [0.29, 0.717) is 5.75 Å². The van der Waals surface area contributed by atoms with Gasteiger partial charge in [-0.05, 0) is 48.4 Å². The molecule has 3 aromatic rings. The molecule has 0 fully saturated rings. The van der Waals surface area contributed by atoms with Crippen molar-refractivity contribution in [3.63, 3.8) is 0 Å². The highest BCUT2D eigenvalue weighted by atomic mass is 32.1. The maximum Gasteiger partial charge on any atom is 0.230 e. The maximum absolute atomic E-state index is 13.2. The lowest BCUT2D eigenvalue weighted by molar-refractivity contribution is -0.115. The van der Waals surface area contributed by atoms with Crippen molar-refractivity contribution in [2.75, 3.05) is 5.32 Å². The van der Waals surface area contributed by atoms with Gasteiger partial charge < -0.3 is 10.1 Å². The highest BCUT2D eigenvalue weighted by Crippen LogP contribution is 2.26. The highest BCUT2D eigenvalue weighted by molar-refractivity contribution is 7.09. The molecule has 0 saturated carbocycles. The van der Waals surface area contributed by atoms with Crippen molar-refractivity contribution in [1.82, 2.24) is 4.98 Å². The minimum Gasteiger partial charge on any atom is -0.489 e. The second-order valence-corrected chi connectivity index (χ2v) is 8.87. The van der Waals surface area contributed by atoms with E-state index in [2.05, 4.69) is 31.1 Å². The molecule has 29 heavy (non-hydrogen) atoms. The quantitative estimate of drug-likeness (QED) is 0.569. The van der Waals surface area contributed by atoms with E-state index >= 15 is 0 Å². The number of carbonyl (C=O) groups is 1. The average Bonchev–Trinajstić information content (AvgIpc) is 3.11. The van der Waals surface area contributed by atoms with Gasteiger partial charge in [0.15, 0.2) is 0 Å². The number of hydrogen-bond acceptors (Lipinski definition) is 4. The van der Waals surface area contributed by atoms with Crippen LogP contribution in [0.25, 0.3) is 0 Å². The Morgan fingerprint density at radius 1 is 1.21 bits per heavy atom. The van der Waals surface area contributed by atoms with E-state index in [1.165, 1.54) is 12.1 Å². The molecule has 1 aromatic heterocycles. The number of thiazole rings is 1. The molecule has 4 nitrogen and oxygen atoms in total. The maximum atomic E-state index is 13.2. The van der Waals surface area contributed by atoms with Gasteiger partial charge in [-0.1, -0.05) is 32.9 Å². The molecule has 6 heteroatoms. The molecule has 0 atom stereocenters.